The lowest BCUT2D eigenvalue weighted by molar-refractivity contribution is 0.133. The fourth-order valence-electron chi connectivity index (χ4n) is 2.43. The lowest BCUT2D eigenvalue weighted by Crippen LogP contribution is -2.30. The monoisotopic (exact) mass is 230 g/mol. The highest BCUT2D eigenvalue weighted by atomic mass is 32.1. The zero-order chi connectivity index (χ0) is 11.0. The smallest absolute Gasteiger partial charge is 0.0652 e. The van der Waals surface area contributed by atoms with Crippen LogP contribution < -0.4 is 0 Å². The maximum atomic E-state index is 10.2. The van der Waals surface area contributed by atoms with Crippen LogP contribution in [0.2, 0.25) is 0 Å². The van der Waals surface area contributed by atoms with E-state index in [2.05, 4.69) is 41.1 Å². The Labute approximate surface area is 99.4 Å². The minimum atomic E-state index is -0.232. The van der Waals surface area contributed by atoms with Gasteiger partial charge in [0.25, 0.3) is 0 Å². The van der Waals surface area contributed by atoms with Gasteiger partial charge >= 0.3 is 0 Å². The minimum Gasteiger partial charge on any atom is -0.392 e. The van der Waals surface area contributed by atoms with Crippen molar-refractivity contribution < 1.29 is 5.11 Å². The van der Waals surface area contributed by atoms with Crippen LogP contribution in [0.15, 0.2) is 41.1 Å². The third-order valence-corrected chi connectivity index (χ3v) is 4.12. The summed E-state index contributed by atoms with van der Waals surface area (Å²) in [5.41, 5.74) is 3.99. The molecule has 1 aromatic carbocycles. The molecular weight excluding hydrogens is 216 g/mol. The molecule has 0 amide bonds. The number of aliphatic hydroxyl groups is 1. The third-order valence-electron chi connectivity index (χ3n) is 3.38. The van der Waals surface area contributed by atoms with E-state index in [0.29, 0.717) is 5.92 Å². The molecule has 0 aliphatic heterocycles. The summed E-state index contributed by atoms with van der Waals surface area (Å²) in [5.74, 6) is 0.344. The van der Waals surface area contributed by atoms with Crippen LogP contribution in [0.1, 0.15) is 22.6 Å². The van der Waals surface area contributed by atoms with Crippen molar-refractivity contribution in [2.24, 2.45) is 0 Å². The van der Waals surface area contributed by atoms with E-state index >= 15 is 0 Å². The van der Waals surface area contributed by atoms with Gasteiger partial charge in [0.05, 0.1) is 6.10 Å². The molecule has 0 radical (unpaired) electrons. The first-order valence-corrected chi connectivity index (χ1v) is 6.56. The standard InChI is InChI=1S/C14H14OS/c15-14(7-10-5-6-16-9-10)13-8-11-3-1-2-4-12(11)13/h1-6,9,13-15H,7-8H2. The maximum Gasteiger partial charge on any atom is 0.0652 e. The summed E-state index contributed by atoms with van der Waals surface area (Å²) < 4.78 is 0. The molecule has 1 aromatic heterocycles. The number of rotatable bonds is 3. The molecule has 1 aliphatic carbocycles. The Hall–Kier alpha value is -1.12. The van der Waals surface area contributed by atoms with Crippen molar-refractivity contribution in [1.29, 1.82) is 0 Å². The molecule has 0 spiro atoms. The second-order valence-corrected chi connectivity index (χ2v) is 5.19. The van der Waals surface area contributed by atoms with Gasteiger partial charge in [-0.1, -0.05) is 24.3 Å². The van der Waals surface area contributed by atoms with Gasteiger partial charge in [-0.3, -0.25) is 0 Å². The Bertz CT molecular complexity index is 475. The van der Waals surface area contributed by atoms with E-state index < -0.39 is 0 Å². The van der Waals surface area contributed by atoms with E-state index in [0.717, 1.165) is 12.8 Å². The summed E-state index contributed by atoms with van der Waals surface area (Å²) in [6, 6.07) is 10.5. The molecule has 3 rings (SSSR count). The van der Waals surface area contributed by atoms with Gasteiger partial charge in [-0.2, -0.15) is 11.3 Å². The first-order valence-electron chi connectivity index (χ1n) is 5.61. The van der Waals surface area contributed by atoms with Gasteiger partial charge in [-0.25, -0.2) is 0 Å². The lowest BCUT2D eigenvalue weighted by Gasteiger charge is -2.33. The maximum absolute atomic E-state index is 10.2. The number of thiophene rings is 1. The Kier molecular flexibility index (Phi) is 2.54. The van der Waals surface area contributed by atoms with Crippen molar-refractivity contribution >= 4 is 11.3 Å². The highest BCUT2D eigenvalue weighted by molar-refractivity contribution is 7.07. The van der Waals surface area contributed by atoms with Crippen molar-refractivity contribution in [2.45, 2.75) is 24.9 Å². The quantitative estimate of drug-likeness (QED) is 0.859. The Morgan fingerprint density at radius 2 is 2.19 bits per heavy atom. The zero-order valence-corrected chi connectivity index (χ0v) is 9.78. The first-order chi connectivity index (χ1) is 7.84. The van der Waals surface area contributed by atoms with E-state index in [1.807, 2.05) is 0 Å². The summed E-state index contributed by atoms with van der Waals surface area (Å²) in [6.45, 7) is 0. The molecule has 1 nitrogen and oxygen atoms in total. The Morgan fingerprint density at radius 3 is 2.94 bits per heavy atom. The van der Waals surface area contributed by atoms with Crippen LogP contribution in [0.3, 0.4) is 0 Å². The predicted molar refractivity (Wildman–Crippen MR) is 66.9 cm³/mol. The molecule has 16 heavy (non-hydrogen) atoms. The molecule has 1 heterocycles. The van der Waals surface area contributed by atoms with E-state index in [-0.39, 0.29) is 6.10 Å². The number of hydrogen-bond donors (Lipinski definition) is 1. The summed E-state index contributed by atoms with van der Waals surface area (Å²) in [6.07, 6.45) is 1.58. The topological polar surface area (TPSA) is 20.2 Å². The molecule has 0 bridgehead atoms. The van der Waals surface area contributed by atoms with Crippen molar-refractivity contribution in [1.82, 2.24) is 0 Å². The third kappa shape index (κ3) is 1.68. The van der Waals surface area contributed by atoms with Crippen molar-refractivity contribution in [3.63, 3.8) is 0 Å². The van der Waals surface area contributed by atoms with Crippen molar-refractivity contribution in [3.05, 3.63) is 57.8 Å². The van der Waals surface area contributed by atoms with Crippen LogP contribution >= 0.6 is 11.3 Å². The molecule has 2 atom stereocenters. The van der Waals surface area contributed by atoms with Crippen LogP contribution in [0, 0.1) is 0 Å². The van der Waals surface area contributed by atoms with Gasteiger partial charge in [-0.15, -0.1) is 0 Å². The van der Waals surface area contributed by atoms with Crippen LogP contribution in [0.4, 0.5) is 0 Å². The van der Waals surface area contributed by atoms with Crippen molar-refractivity contribution in [2.75, 3.05) is 0 Å². The second kappa shape index (κ2) is 4.04. The van der Waals surface area contributed by atoms with Gasteiger partial charge < -0.3 is 5.11 Å². The molecule has 1 aliphatic rings. The van der Waals surface area contributed by atoms with E-state index in [4.69, 9.17) is 0 Å². The molecule has 2 heteroatoms. The summed E-state index contributed by atoms with van der Waals surface area (Å²) in [4.78, 5) is 0. The fraction of sp³-hybridized carbons (Fsp3) is 0.286. The van der Waals surface area contributed by atoms with Gasteiger partial charge in [0.15, 0.2) is 0 Å². The molecule has 82 valence electrons. The number of fused-ring (bicyclic) bond motifs is 1. The number of hydrogen-bond acceptors (Lipinski definition) is 2. The minimum absolute atomic E-state index is 0.232. The van der Waals surface area contributed by atoms with Gasteiger partial charge in [-0.05, 0) is 46.4 Å². The SMILES string of the molecule is OC(Cc1ccsc1)C1Cc2ccccc21. The number of aliphatic hydroxyl groups excluding tert-OH is 1. The fourth-order valence-corrected chi connectivity index (χ4v) is 3.11. The van der Waals surface area contributed by atoms with Crippen molar-refractivity contribution in [3.8, 4) is 0 Å². The van der Waals surface area contributed by atoms with Gasteiger partial charge in [0, 0.05) is 5.92 Å². The summed E-state index contributed by atoms with van der Waals surface area (Å²) >= 11 is 1.69. The lowest BCUT2D eigenvalue weighted by atomic mass is 9.73. The van der Waals surface area contributed by atoms with Gasteiger partial charge in [0.2, 0.25) is 0 Å². The Balaban J connectivity index is 1.72. The summed E-state index contributed by atoms with van der Waals surface area (Å²) in [5, 5.41) is 14.4. The molecular formula is C14H14OS. The molecule has 2 aromatic rings. The Morgan fingerprint density at radius 1 is 1.31 bits per heavy atom. The highest BCUT2D eigenvalue weighted by Gasteiger charge is 2.31. The molecule has 1 N–H and O–H groups in total. The average molecular weight is 230 g/mol. The normalized spacial score (nSPS) is 19.9. The zero-order valence-electron chi connectivity index (χ0n) is 8.97. The highest BCUT2D eigenvalue weighted by Crippen LogP contribution is 2.38. The second-order valence-electron chi connectivity index (χ2n) is 4.41. The largest absolute Gasteiger partial charge is 0.392 e. The van der Waals surface area contributed by atoms with Crippen LogP contribution in [0.5, 0.6) is 0 Å². The predicted octanol–water partition coefficient (Wildman–Crippen LogP) is 2.99. The van der Waals surface area contributed by atoms with E-state index in [1.54, 1.807) is 11.3 Å². The van der Waals surface area contributed by atoms with Crippen LogP contribution in [-0.4, -0.2) is 11.2 Å². The van der Waals surface area contributed by atoms with Gasteiger partial charge in [0.1, 0.15) is 0 Å². The molecule has 0 fully saturated rings. The molecule has 2 unspecified atom stereocenters. The average Bonchev–Trinajstić information content (AvgIpc) is 2.72. The van der Waals surface area contributed by atoms with Crippen LogP contribution in [0.25, 0.3) is 0 Å². The van der Waals surface area contributed by atoms with E-state index in [9.17, 15) is 5.11 Å². The summed E-state index contributed by atoms with van der Waals surface area (Å²) in [7, 11) is 0. The number of benzene rings is 1. The van der Waals surface area contributed by atoms with E-state index in [1.165, 1.54) is 16.7 Å². The first kappa shape index (κ1) is 10.1. The molecule has 0 saturated heterocycles. The molecule has 0 saturated carbocycles. The van der Waals surface area contributed by atoms with Crippen LogP contribution in [-0.2, 0) is 12.8 Å².